The van der Waals surface area contributed by atoms with E-state index < -0.39 is 0 Å². The number of nitriles is 1. The number of nitrogens with zero attached hydrogens (tertiary/aromatic N) is 2. The molecule has 0 radical (unpaired) electrons. The molecule has 1 aliphatic heterocycles. The number of hydrogen-bond donors (Lipinski definition) is 1. The van der Waals surface area contributed by atoms with E-state index in [2.05, 4.69) is 45.2 Å². The maximum atomic E-state index is 9.36. The lowest BCUT2D eigenvalue weighted by Crippen LogP contribution is -2.39. The van der Waals surface area contributed by atoms with E-state index in [0.717, 1.165) is 48.3 Å². The average Bonchev–Trinajstić information content (AvgIpc) is 2.48. The second-order valence-electron chi connectivity index (χ2n) is 5.43. The van der Waals surface area contributed by atoms with E-state index in [-0.39, 0.29) is 0 Å². The van der Waals surface area contributed by atoms with Crippen LogP contribution in [0, 0.1) is 17.2 Å². The Bertz CT molecular complexity index is 475. The Labute approximate surface area is 130 Å². The predicted octanol–water partition coefficient (Wildman–Crippen LogP) is 3.54. The third kappa shape index (κ3) is 3.97. The maximum absolute atomic E-state index is 9.36. The number of rotatable bonds is 5. The average molecular weight is 336 g/mol. The summed E-state index contributed by atoms with van der Waals surface area (Å²) in [6.07, 6.45) is 3.64. The van der Waals surface area contributed by atoms with Crippen LogP contribution < -0.4 is 10.2 Å². The molecule has 0 amide bonds. The van der Waals surface area contributed by atoms with Crippen molar-refractivity contribution in [1.29, 1.82) is 5.26 Å². The Morgan fingerprint density at radius 2 is 2.35 bits per heavy atom. The highest BCUT2D eigenvalue weighted by molar-refractivity contribution is 9.10. The smallest absolute Gasteiger partial charge is 0.101 e. The molecule has 1 aromatic rings. The summed E-state index contributed by atoms with van der Waals surface area (Å²) in [5, 5.41) is 12.8. The molecule has 0 aromatic heterocycles. The summed E-state index contributed by atoms with van der Waals surface area (Å²) in [5.74, 6) is 0.686. The van der Waals surface area contributed by atoms with Crippen LogP contribution in [-0.4, -0.2) is 26.2 Å². The first kappa shape index (κ1) is 15.3. The third-order valence-corrected chi connectivity index (χ3v) is 4.28. The summed E-state index contributed by atoms with van der Waals surface area (Å²) in [7, 11) is 0. The third-order valence-electron chi connectivity index (χ3n) is 3.79. The number of hydrogen-bond acceptors (Lipinski definition) is 3. The van der Waals surface area contributed by atoms with Crippen molar-refractivity contribution in [2.75, 3.05) is 31.1 Å². The van der Waals surface area contributed by atoms with Crippen LogP contribution in [0.5, 0.6) is 0 Å². The number of piperidine rings is 1. The molecule has 0 bridgehead atoms. The molecule has 3 nitrogen and oxygen atoms in total. The van der Waals surface area contributed by atoms with Gasteiger partial charge in [-0.1, -0.05) is 22.9 Å². The van der Waals surface area contributed by atoms with E-state index in [1.165, 1.54) is 12.8 Å². The highest BCUT2D eigenvalue weighted by Gasteiger charge is 2.18. The van der Waals surface area contributed by atoms with Gasteiger partial charge >= 0.3 is 0 Å². The van der Waals surface area contributed by atoms with E-state index in [1.807, 2.05) is 12.1 Å². The van der Waals surface area contributed by atoms with Gasteiger partial charge in [-0.05, 0) is 56.5 Å². The first-order valence-electron chi connectivity index (χ1n) is 7.40. The highest BCUT2D eigenvalue weighted by atomic mass is 79.9. The van der Waals surface area contributed by atoms with Crippen LogP contribution in [0.2, 0.25) is 0 Å². The molecule has 1 saturated heterocycles. The van der Waals surface area contributed by atoms with Gasteiger partial charge < -0.3 is 10.2 Å². The molecule has 1 unspecified atom stereocenters. The topological polar surface area (TPSA) is 39.1 Å². The standard InChI is InChI=1S/C16H22BrN3/c1-2-8-20(12-13-4-3-7-19-11-13)16-6-5-15(17)9-14(16)10-18/h5-6,9,13,19H,2-4,7-8,11-12H2,1H3. The maximum Gasteiger partial charge on any atom is 0.101 e. The molecule has 0 saturated carbocycles. The Kier molecular flexibility index (Phi) is 5.87. The van der Waals surface area contributed by atoms with Crippen LogP contribution in [0.1, 0.15) is 31.7 Å². The van der Waals surface area contributed by atoms with Crippen LogP contribution in [-0.2, 0) is 0 Å². The quantitative estimate of drug-likeness (QED) is 0.894. The van der Waals surface area contributed by atoms with Crippen LogP contribution >= 0.6 is 15.9 Å². The fourth-order valence-corrected chi connectivity index (χ4v) is 3.21. The van der Waals surface area contributed by atoms with Crippen molar-refractivity contribution in [2.24, 2.45) is 5.92 Å². The largest absolute Gasteiger partial charge is 0.370 e. The molecular formula is C16H22BrN3. The molecule has 108 valence electrons. The summed E-state index contributed by atoms with van der Waals surface area (Å²) in [6, 6.07) is 8.33. The second-order valence-corrected chi connectivity index (χ2v) is 6.35. The Morgan fingerprint density at radius 3 is 3.00 bits per heavy atom. The SMILES string of the molecule is CCCN(CC1CCCNC1)c1ccc(Br)cc1C#N. The van der Waals surface area contributed by atoms with Gasteiger partial charge in [0.1, 0.15) is 6.07 Å². The van der Waals surface area contributed by atoms with Gasteiger partial charge in [-0.15, -0.1) is 0 Å². The second kappa shape index (κ2) is 7.66. The van der Waals surface area contributed by atoms with Gasteiger partial charge in [0.2, 0.25) is 0 Å². The fourth-order valence-electron chi connectivity index (χ4n) is 2.85. The first-order valence-corrected chi connectivity index (χ1v) is 8.19. The van der Waals surface area contributed by atoms with Crippen molar-refractivity contribution in [1.82, 2.24) is 5.32 Å². The number of anilines is 1. The van der Waals surface area contributed by atoms with Gasteiger partial charge in [-0.3, -0.25) is 0 Å². The summed E-state index contributed by atoms with van der Waals surface area (Å²) < 4.78 is 0.966. The molecule has 2 rings (SSSR count). The normalized spacial score (nSPS) is 18.6. The van der Waals surface area contributed by atoms with Gasteiger partial charge in [-0.25, -0.2) is 0 Å². The molecule has 1 N–H and O–H groups in total. The summed E-state index contributed by atoms with van der Waals surface area (Å²) in [4.78, 5) is 2.38. The van der Waals surface area contributed by atoms with Gasteiger partial charge in [0.05, 0.1) is 11.3 Å². The van der Waals surface area contributed by atoms with Gasteiger partial charge in [0.15, 0.2) is 0 Å². The van der Waals surface area contributed by atoms with E-state index in [4.69, 9.17) is 0 Å². The summed E-state index contributed by atoms with van der Waals surface area (Å²) in [5.41, 5.74) is 1.83. The van der Waals surface area contributed by atoms with Crippen LogP contribution in [0.15, 0.2) is 22.7 Å². The van der Waals surface area contributed by atoms with Crippen molar-refractivity contribution in [3.8, 4) is 6.07 Å². The molecule has 0 spiro atoms. The Hall–Kier alpha value is -1.05. The number of halogens is 1. The molecular weight excluding hydrogens is 314 g/mol. The minimum atomic E-state index is 0.686. The van der Waals surface area contributed by atoms with Crippen LogP contribution in [0.4, 0.5) is 5.69 Å². The minimum absolute atomic E-state index is 0.686. The van der Waals surface area contributed by atoms with Crippen LogP contribution in [0.3, 0.4) is 0 Å². The van der Waals surface area contributed by atoms with Gasteiger partial charge in [-0.2, -0.15) is 5.26 Å². The monoisotopic (exact) mass is 335 g/mol. The zero-order chi connectivity index (χ0) is 14.4. The van der Waals surface area contributed by atoms with E-state index in [0.29, 0.717) is 5.92 Å². The molecule has 1 atom stereocenters. The molecule has 4 heteroatoms. The predicted molar refractivity (Wildman–Crippen MR) is 87.0 cm³/mol. The zero-order valence-corrected chi connectivity index (χ0v) is 13.6. The van der Waals surface area contributed by atoms with Crippen molar-refractivity contribution in [3.05, 3.63) is 28.2 Å². The summed E-state index contributed by atoms with van der Waals surface area (Å²) in [6.45, 7) is 6.48. The lowest BCUT2D eigenvalue weighted by atomic mass is 9.98. The van der Waals surface area contributed by atoms with E-state index in [9.17, 15) is 5.26 Å². The lowest BCUT2D eigenvalue weighted by molar-refractivity contribution is 0.376. The summed E-state index contributed by atoms with van der Waals surface area (Å²) >= 11 is 3.44. The Balaban J connectivity index is 2.17. The Morgan fingerprint density at radius 1 is 1.50 bits per heavy atom. The molecule has 20 heavy (non-hydrogen) atoms. The number of benzene rings is 1. The molecule has 1 heterocycles. The minimum Gasteiger partial charge on any atom is -0.370 e. The first-order chi connectivity index (χ1) is 9.74. The number of nitrogens with one attached hydrogen (secondary N) is 1. The van der Waals surface area contributed by atoms with Crippen LogP contribution in [0.25, 0.3) is 0 Å². The van der Waals surface area contributed by atoms with Crippen molar-refractivity contribution in [3.63, 3.8) is 0 Å². The lowest BCUT2D eigenvalue weighted by Gasteiger charge is -2.32. The van der Waals surface area contributed by atoms with Crippen molar-refractivity contribution in [2.45, 2.75) is 26.2 Å². The van der Waals surface area contributed by atoms with E-state index >= 15 is 0 Å². The van der Waals surface area contributed by atoms with Crippen molar-refractivity contribution >= 4 is 21.6 Å². The highest BCUT2D eigenvalue weighted by Crippen LogP contribution is 2.26. The van der Waals surface area contributed by atoms with E-state index in [1.54, 1.807) is 0 Å². The molecule has 1 aliphatic rings. The molecule has 1 aromatic carbocycles. The van der Waals surface area contributed by atoms with Gasteiger partial charge in [0, 0.05) is 17.6 Å². The fraction of sp³-hybridized carbons (Fsp3) is 0.562. The van der Waals surface area contributed by atoms with Gasteiger partial charge in [0.25, 0.3) is 0 Å². The molecule has 1 fully saturated rings. The van der Waals surface area contributed by atoms with Crippen molar-refractivity contribution < 1.29 is 0 Å². The molecule has 0 aliphatic carbocycles. The zero-order valence-electron chi connectivity index (χ0n) is 12.0.